The molecule has 0 aliphatic heterocycles. The summed E-state index contributed by atoms with van der Waals surface area (Å²) in [6.07, 6.45) is 0. The molecule has 0 radical (unpaired) electrons. The molecular weight excluding hydrogens is 589 g/mol. The zero-order valence-electron chi connectivity index (χ0n) is 27.2. The number of thiophene rings is 1. The van der Waals surface area contributed by atoms with Gasteiger partial charge in [-0.3, -0.25) is 0 Å². The van der Waals surface area contributed by atoms with Crippen molar-refractivity contribution in [1.29, 1.82) is 0 Å². The summed E-state index contributed by atoms with van der Waals surface area (Å²) in [4.78, 5) is 4.82. The summed E-state index contributed by atoms with van der Waals surface area (Å²) in [5, 5.41) is 5.14. The molecule has 0 atom stereocenters. The molecule has 0 saturated heterocycles. The maximum atomic E-state index is 2.43. The van der Waals surface area contributed by atoms with Crippen molar-refractivity contribution in [2.45, 2.75) is 27.7 Å². The van der Waals surface area contributed by atoms with Crippen LogP contribution in [-0.2, 0) is 0 Å². The van der Waals surface area contributed by atoms with Crippen LogP contribution in [0.25, 0.3) is 30.9 Å². The maximum absolute atomic E-state index is 2.43. The SMILES string of the molecule is Cc1ccc(N(c2ccc3c(c2)sc2cc(N(c4ccc(C)cc4)c4ccccc4C)c4ccccc4c23)c2ccccc2C)cc1. The zero-order valence-corrected chi connectivity index (χ0v) is 28.0. The van der Waals surface area contributed by atoms with Gasteiger partial charge in [-0.25, -0.2) is 0 Å². The van der Waals surface area contributed by atoms with E-state index in [0.717, 1.165) is 17.1 Å². The number of para-hydroxylation sites is 2. The van der Waals surface area contributed by atoms with Gasteiger partial charge >= 0.3 is 0 Å². The van der Waals surface area contributed by atoms with Gasteiger partial charge < -0.3 is 9.80 Å². The maximum Gasteiger partial charge on any atom is 0.0554 e. The third-order valence-corrected chi connectivity index (χ3v) is 10.3. The molecule has 1 aromatic heterocycles. The van der Waals surface area contributed by atoms with Crippen LogP contribution in [0.3, 0.4) is 0 Å². The van der Waals surface area contributed by atoms with Gasteiger partial charge in [-0.2, -0.15) is 0 Å². The van der Waals surface area contributed by atoms with Gasteiger partial charge in [0.2, 0.25) is 0 Å². The van der Waals surface area contributed by atoms with Crippen LogP contribution in [0.2, 0.25) is 0 Å². The summed E-state index contributed by atoms with van der Waals surface area (Å²) in [7, 11) is 0. The van der Waals surface area contributed by atoms with Crippen molar-refractivity contribution in [2.75, 3.05) is 9.80 Å². The average Bonchev–Trinajstić information content (AvgIpc) is 3.46. The lowest BCUT2D eigenvalue weighted by molar-refractivity contribution is 1.25. The van der Waals surface area contributed by atoms with Crippen molar-refractivity contribution in [2.24, 2.45) is 0 Å². The average molecular weight is 625 g/mol. The molecule has 2 nitrogen and oxygen atoms in total. The molecule has 228 valence electrons. The molecule has 47 heavy (non-hydrogen) atoms. The Morgan fingerprint density at radius 3 is 1.51 bits per heavy atom. The fourth-order valence-corrected chi connectivity index (χ4v) is 7.97. The van der Waals surface area contributed by atoms with Gasteiger partial charge in [0.25, 0.3) is 0 Å². The van der Waals surface area contributed by atoms with E-state index >= 15 is 0 Å². The molecule has 8 aromatic rings. The van der Waals surface area contributed by atoms with Gasteiger partial charge in [-0.1, -0.05) is 102 Å². The van der Waals surface area contributed by atoms with Gasteiger partial charge in [0.05, 0.1) is 5.69 Å². The minimum Gasteiger partial charge on any atom is -0.310 e. The first-order valence-electron chi connectivity index (χ1n) is 16.2. The highest BCUT2D eigenvalue weighted by Crippen LogP contribution is 2.48. The Bertz CT molecular complexity index is 2400. The first-order chi connectivity index (χ1) is 23.0. The first-order valence-corrected chi connectivity index (χ1v) is 17.0. The predicted octanol–water partition coefficient (Wildman–Crippen LogP) is 13.4. The Hall–Kier alpha value is -5.38. The van der Waals surface area contributed by atoms with Crippen LogP contribution in [0, 0.1) is 27.7 Å². The fourth-order valence-electron chi connectivity index (χ4n) is 6.79. The van der Waals surface area contributed by atoms with E-state index in [1.807, 2.05) is 11.3 Å². The van der Waals surface area contributed by atoms with Crippen LogP contribution in [0.4, 0.5) is 34.1 Å². The smallest absolute Gasteiger partial charge is 0.0554 e. The van der Waals surface area contributed by atoms with Crippen molar-refractivity contribution in [3.63, 3.8) is 0 Å². The van der Waals surface area contributed by atoms with E-state index in [2.05, 4.69) is 183 Å². The number of hydrogen-bond acceptors (Lipinski definition) is 3. The minimum atomic E-state index is 1.16. The molecule has 1 heterocycles. The quantitative estimate of drug-likeness (QED) is 0.182. The topological polar surface area (TPSA) is 6.48 Å². The summed E-state index contributed by atoms with van der Waals surface area (Å²) in [6.45, 7) is 8.68. The van der Waals surface area contributed by atoms with Crippen LogP contribution in [0.1, 0.15) is 22.3 Å². The van der Waals surface area contributed by atoms with E-state index in [4.69, 9.17) is 0 Å². The fraction of sp³-hybridized carbons (Fsp3) is 0.0909. The van der Waals surface area contributed by atoms with Crippen LogP contribution in [0.5, 0.6) is 0 Å². The second-order valence-electron chi connectivity index (χ2n) is 12.5. The molecule has 7 aromatic carbocycles. The molecule has 0 aliphatic carbocycles. The lowest BCUT2D eigenvalue weighted by Gasteiger charge is -2.28. The lowest BCUT2D eigenvalue weighted by atomic mass is 10.00. The standard InChI is InChI=1S/C44H36N2S/c1-29-17-21-33(22-18-29)45(39-15-9-5-11-31(39)3)35-25-26-38-42(27-35)47-43-28-41(36-13-7-8-14-37(36)44(38)43)46(34-23-19-30(2)20-24-34)40-16-10-6-12-32(40)4/h5-28H,1-4H3. The molecule has 0 N–H and O–H groups in total. The Morgan fingerprint density at radius 1 is 0.383 bits per heavy atom. The Balaban J connectivity index is 1.37. The van der Waals surface area contributed by atoms with Gasteiger partial charge in [0.1, 0.15) is 0 Å². The summed E-state index contributed by atoms with van der Waals surface area (Å²) in [5.74, 6) is 0. The van der Waals surface area contributed by atoms with E-state index in [1.165, 1.54) is 70.3 Å². The van der Waals surface area contributed by atoms with Crippen molar-refractivity contribution in [3.8, 4) is 0 Å². The molecule has 0 spiro atoms. The van der Waals surface area contributed by atoms with E-state index in [1.54, 1.807) is 0 Å². The minimum absolute atomic E-state index is 1.16. The van der Waals surface area contributed by atoms with Crippen LogP contribution in [-0.4, -0.2) is 0 Å². The monoisotopic (exact) mass is 624 g/mol. The molecule has 0 amide bonds. The molecule has 8 rings (SSSR count). The Kier molecular flexibility index (Phi) is 7.27. The Morgan fingerprint density at radius 2 is 0.894 bits per heavy atom. The van der Waals surface area contributed by atoms with Gasteiger partial charge in [-0.15, -0.1) is 11.3 Å². The normalized spacial score (nSPS) is 11.4. The second kappa shape index (κ2) is 11.8. The van der Waals surface area contributed by atoms with E-state index in [9.17, 15) is 0 Å². The predicted molar refractivity (Wildman–Crippen MR) is 205 cm³/mol. The van der Waals surface area contributed by atoms with Crippen molar-refractivity contribution in [1.82, 2.24) is 0 Å². The molecule has 0 unspecified atom stereocenters. The van der Waals surface area contributed by atoms with E-state index < -0.39 is 0 Å². The lowest BCUT2D eigenvalue weighted by Crippen LogP contribution is -2.11. The molecule has 0 aliphatic rings. The van der Waals surface area contributed by atoms with Crippen molar-refractivity contribution in [3.05, 3.63) is 168 Å². The van der Waals surface area contributed by atoms with Crippen LogP contribution < -0.4 is 9.80 Å². The van der Waals surface area contributed by atoms with Gasteiger partial charge in [-0.05, 0) is 98.8 Å². The van der Waals surface area contributed by atoms with E-state index in [-0.39, 0.29) is 0 Å². The number of fused-ring (bicyclic) bond motifs is 5. The molecular formula is C44H36N2S. The third-order valence-electron chi connectivity index (χ3n) is 9.24. The summed E-state index contributed by atoms with van der Waals surface area (Å²) in [6, 6.07) is 53.4. The van der Waals surface area contributed by atoms with Crippen LogP contribution >= 0.6 is 11.3 Å². The second-order valence-corrected chi connectivity index (χ2v) is 13.6. The number of hydrogen-bond donors (Lipinski definition) is 0. The molecule has 0 saturated carbocycles. The first kappa shape index (κ1) is 29.1. The largest absolute Gasteiger partial charge is 0.310 e. The summed E-state index contributed by atoms with van der Waals surface area (Å²) in [5.41, 5.74) is 12.0. The van der Waals surface area contributed by atoms with E-state index in [0.29, 0.717) is 0 Å². The number of anilines is 6. The third kappa shape index (κ3) is 5.14. The number of nitrogens with zero attached hydrogens (tertiary/aromatic N) is 2. The van der Waals surface area contributed by atoms with Crippen LogP contribution in [0.15, 0.2) is 146 Å². The van der Waals surface area contributed by atoms with Gasteiger partial charge in [0, 0.05) is 54.0 Å². The van der Waals surface area contributed by atoms with Crippen molar-refractivity contribution >= 4 is 76.4 Å². The molecule has 0 bridgehead atoms. The highest BCUT2D eigenvalue weighted by atomic mass is 32.1. The Labute approximate surface area is 280 Å². The number of rotatable bonds is 6. The highest BCUT2D eigenvalue weighted by molar-refractivity contribution is 7.26. The molecule has 0 fully saturated rings. The summed E-state index contributed by atoms with van der Waals surface area (Å²) >= 11 is 1.88. The van der Waals surface area contributed by atoms with Gasteiger partial charge in [0.15, 0.2) is 0 Å². The molecule has 3 heteroatoms. The zero-order chi connectivity index (χ0) is 32.1. The van der Waals surface area contributed by atoms with Crippen molar-refractivity contribution < 1.29 is 0 Å². The number of benzene rings is 7. The highest BCUT2D eigenvalue weighted by Gasteiger charge is 2.21. The summed E-state index contributed by atoms with van der Waals surface area (Å²) < 4.78 is 2.57. The number of aryl methyl sites for hydroxylation is 4.